The van der Waals surface area contributed by atoms with Gasteiger partial charge in [-0.2, -0.15) is 0 Å². The van der Waals surface area contributed by atoms with Crippen LogP contribution in [0.4, 0.5) is 17.1 Å². The van der Waals surface area contributed by atoms with Crippen molar-refractivity contribution >= 4 is 34.5 Å². The number of hydrogen-bond acceptors (Lipinski definition) is 5. The number of aromatic nitrogens is 2. The van der Waals surface area contributed by atoms with Gasteiger partial charge in [-0.1, -0.05) is 34.3 Å². The summed E-state index contributed by atoms with van der Waals surface area (Å²) in [7, 11) is 0. The van der Waals surface area contributed by atoms with E-state index in [-0.39, 0.29) is 5.91 Å². The van der Waals surface area contributed by atoms with Crippen LogP contribution in [0.5, 0.6) is 0 Å². The maximum absolute atomic E-state index is 12.1. The van der Waals surface area contributed by atoms with E-state index in [4.69, 9.17) is 0 Å². The predicted octanol–water partition coefficient (Wildman–Crippen LogP) is 3.84. The molecule has 110 valence electrons. The second-order valence-electron chi connectivity index (χ2n) is 4.77. The Kier molecular flexibility index (Phi) is 4.11. The van der Waals surface area contributed by atoms with E-state index in [0.29, 0.717) is 10.6 Å². The number of nitrogens with zero attached hydrogens (tertiary/aromatic N) is 2. The summed E-state index contributed by atoms with van der Waals surface area (Å²) >= 11 is 1.07. The minimum absolute atomic E-state index is 0.215. The lowest BCUT2D eigenvalue weighted by Crippen LogP contribution is -2.11. The molecule has 0 radical (unpaired) electrons. The lowest BCUT2D eigenvalue weighted by atomic mass is 10.2. The van der Waals surface area contributed by atoms with Crippen LogP contribution in [0, 0.1) is 6.92 Å². The molecule has 0 fully saturated rings. The number of benzene rings is 2. The number of nitrogens with one attached hydrogen (secondary N) is 2. The Labute approximate surface area is 132 Å². The van der Waals surface area contributed by atoms with Gasteiger partial charge in [0.05, 0.1) is 17.6 Å². The molecule has 0 saturated heterocycles. The third-order valence-electron chi connectivity index (χ3n) is 3.09. The Morgan fingerprint density at radius 1 is 1.05 bits per heavy atom. The maximum atomic E-state index is 12.1. The topological polar surface area (TPSA) is 66.9 Å². The van der Waals surface area contributed by atoms with Crippen LogP contribution >= 0.6 is 11.5 Å². The van der Waals surface area contributed by atoms with Crippen LogP contribution in [-0.2, 0) is 0 Å². The van der Waals surface area contributed by atoms with E-state index >= 15 is 0 Å². The number of amides is 1. The number of aryl methyl sites for hydroxylation is 1. The summed E-state index contributed by atoms with van der Waals surface area (Å²) in [6, 6.07) is 15.6. The highest BCUT2D eigenvalue weighted by Crippen LogP contribution is 2.26. The molecule has 0 aliphatic carbocycles. The molecule has 0 saturated carbocycles. The van der Waals surface area contributed by atoms with Gasteiger partial charge in [0.25, 0.3) is 5.91 Å². The Hall–Kier alpha value is -2.73. The largest absolute Gasteiger partial charge is 0.354 e. The first-order valence-corrected chi connectivity index (χ1v) is 7.51. The molecule has 2 N–H and O–H groups in total. The fourth-order valence-electron chi connectivity index (χ4n) is 1.94. The summed E-state index contributed by atoms with van der Waals surface area (Å²) in [4.78, 5) is 12.6. The highest BCUT2D eigenvalue weighted by molar-refractivity contribution is 7.07. The molecule has 0 aliphatic heterocycles. The van der Waals surface area contributed by atoms with Crippen molar-refractivity contribution in [1.82, 2.24) is 9.59 Å². The average Bonchev–Trinajstić information content (AvgIpc) is 3.06. The monoisotopic (exact) mass is 310 g/mol. The van der Waals surface area contributed by atoms with Gasteiger partial charge in [-0.3, -0.25) is 4.79 Å². The van der Waals surface area contributed by atoms with Gasteiger partial charge >= 0.3 is 0 Å². The summed E-state index contributed by atoms with van der Waals surface area (Å²) in [6.07, 6.45) is 1.45. The van der Waals surface area contributed by atoms with Gasteiger partial charge in [-0.25, -0.2) is 0 Å². The van der Waals surface area contributed by atoms with Crippen molar-refractivity contribution < 1.29 is 4.79 Å². The highest BCUT2D eigenvalue weighted by atomic mass is 32.1. The molecule has 1 aromatic heterocycles. The van der Waals surface area contributed by atoms with Crippen molar-refractivity contribution in [2.24, 2.45) is 0 Å². The van der Waals surface area contributed by atoms with Crippen LogP contribution in [0.15, 0.2) is 54.7 Å². The molecule has 1 heterocycles. The van der Waals surface area contributed by atoms with Crippen LogP contribution < -0.4 is 10.6 Å². The van der Waals surface area contributed by atoms with E-state index < -0.39 is 0 Å². The third-order valence-corrected chi connectivity index (χ3v) is 3.75. The third kappa shape index (κ3) is 3.29. The molecule has 0 aliphatic rings. The van der Waals surface area contributed by atoms with Gasteiger partial charge in [0, 0.05) is 5.69 Å². The minimum Gasteiger partial charge on any atom is -0.354 e. The minimum atomic E-state index is -0.215. The molecular weight excluding hydrogens is 296 g/mol. The average molecular weight is 310 g/mol. The second-order valence-corrected chi connectivity index (χ2v) is 5.56. The zero-order valence-electron chi connectivity index (χ0n) is 11.9. The van der Waals surface area contributed by atoms with E-state index in [0.717, 1.165) is 22.9 Å². The molecule has 2 aromatic carbocycles. The molecule has 0 bridgehead atoms. The Morgan fingerprint density at radius 2 is 1.77 bits per heavy atom. The predicted molar refractivity (Wildman–Crippen MR) is 88.8 cm³/mol. The van der Waals surface area contributed by atoms with Gasteiger partial charge in [0.15, 0.2) is 0 Å². The number of para-hydroxylation sites is 2. The zero-order valence-corrected chi connectivity index (χ0v) is 12.7. The molecule has 22 heavy (non-hydrogen) atoms. The molecule has 5 nitrogen and oxygen atoms in total. The Morgan fingerprint density at radius 3 is 2.45 bits per heavy atom. The lowest BCUT2D eigenvalue weighted by molar-refractivity contribution is 0.103. The number of carbonyl (C=O) groups is 1. The fourth-order valence-corrected chi connectivity index (χ4v) is 2.36. The lowest BCUT2D eigenvalue weighted by Gasteiger charge is -2.12. The van der Waals surface area contributed by atoms with E-state index in [9.17, 15) is 4.79 Å². The second kappa shape index (κ2) is 6.36. The van der Waals surface area contributed by atoms with Crippen molar-refractivity contribution in [1.29, 1.82) is 0 Å². The van der Waals surface area contributed by atoms with E-state index in [2.05, 4.69) is 20.2 Å². The van der Waals surface area contributed by atoms with Crippen LogP contribution in [0.25, 0.3) is 0 Å². The van der Waals surface area contributed by atoms with Crippen LogP contribution in [0.1, 0.15) is 15.2 Å². The standard InChI is InChI=1S/C16H14N4OS/c1-11-6-8-12(9-7-11)18-13-4-2-3-5-14(13)19-16(21)15-10-17-20-22-15/h2-10,18H,1H3,(H,19,21). The first kappa shape index (κ1) is 14.2. The van der Waals surface area contributed by atoms with Crippen molar-refractivity contribution in [3.63, 3.8) is 0 Å². The summed E-state index contributed by atoms with van der Waals surface area (Å²) in [5, 5.41) is 9.86. The number of anilines is 3. The molecule has 0 unspecified atom stereocenters. The quantitative estimate of drug-likeness (QED) is 0.768. The summed E-state index contributed by atoms with van der Waals surface area (Å²) in [5.74, 6) is -0.215. The van der Waals surface area contributed by atoms with Crippen molar-refractivity contribution in [2.75, 3.05) is 10.6 Å². The highest BCUT2D eigenvalue weighted by Gasteiger charge is 2.11. The fraction of sp³-hybridized carbons (Fsp3) is 0.0625. The van der Waals surface area contributed by atoms with Gasteiger partial charge in [-0.05, 0) is 42.7 Å². The normalized spacial score (nSPS) is 10.2. The van der Waals surface area contributed by atoms with E-state index in [1.54, 1.807) is 0 Å². The zero-order chi connectivity index (χ0) is 15.4. The van der Waals surface area contributed by atoms with Crippen LogP contribution in [-0.4, -0.2) is 15.5 Å². The van der Waals surface area contributed by atoms with Gasteiger partial charge in [0.1, 0.15) is 4.88 Å². The van der Waals surface area contributed by atoms with Gasteiger partial charge < -0.3 is 10.6 Å². The molecule has 3 aromatic rings. The van der Waals surface area contributed by atoms with Gasteiger partial charge in [0.2, 0.25) is 0 Å². The molecule has 1 amide bonds. The summed E-state index contributed by atoms with van der Waals surface area (Å²) in [5.41, 5.74) is 3.70. The number of rotatable bonds is 4. The van der Waals surface area contributed by atoms with Gasteiger partial charge in [-0.15, -0.1) is 5.10 Å². The van der Waals surface area contributed by atoms with E-state index in [1.807, 2.05) is 55.5 Å². The molecule has 6 heteroatoms. The first-order valence-electron chi connectivity index (χ1n) is 6.74. The molecule has 0 spiro atoms. The number of carbonyl (C=O) groups excluding carboxylic acids is 1. The Balaban J connectivity index is 1.80. The SMILES string of the molecule is Cc1ccc(Nc2ccccc2NC(=O)c2cnns2)cc1. The first-order chi connectivity index (χ1) is 10.7. The molecular formula is C16H14N4OS. The summed E-state index contributed by atoms with van der Waals surface area (Å²) in [6.45, 7) is 2.04. The Bertz CT molecular complexity index is 769. The smallest absolute Gasteiger partial charge is 0.269 e. The number of hydrogen-bond donors (Lipinski definition) is 2. The van der Waals surface area contributed by atoms with Crippen LogP contribution in [0.3, 0.4) is 0 Å². The molecule has 0 atom stereocenters. The maximum Gasteiger partial charge on any atom is 0.269 e. The van der Waals surface area contributed by atoms with Crippen molar-refractivity contribution in [3.8, 4) is 0 Å². The summed E-state index contributed by atoms with van der Waals surface area (Å²) < 4.78 is 3.70. The molecule has 3 rings (SSSR count). The van der Waals surface area contributed by atoms with Crippen molar-refractivity contribution in [3.05, 3.63) is 65.2 Å². The van der Waals surface area contributed by atoms with E-state index in [1.165, 1.54) is 11.8 Å². The van der Waals surface area contributed by atoms with Crippen molar-refractivity contribution in [2.45, 2.75) is 6.92 Å². The van der Waals surface area contributed by atoms with Crippen LogP contribution in [0.2, 0.25) is 0 Å².